The van der Waals surface area contributed by atoms with Gasteiger partial charge in [0, 0.05) is 6.20 Å². The highest BCUT2D eigenvalue weighted by atomic mass is 35.5. The summed E-state index contributed by atoms with van der Waals surface area (Å²) in [5, 5.41) is 11.0. The van der Waals surface area contributed by atoms with Gasteiger partial charge in [0.1, 0.15) is 5.69 Å². The SMILES string of the molecule is Cl.NC1(c2noc(-c3cn(Cc4ccccc4)nc3-c3cccs3)n2)CCC1. The lowest BCUT2D eigenvalue weighted by molar-refractivity contribution is 0.229. The lowest BCUT2D eigenvalue weighted by Crippen LogP contribution is -2.44. The minimum Gasteiger partial charge on any atom is -0.334 e. The molecule has 0 spiro atoms. The van der Waals surface area contributed by atoms with Gasteiger partial charge in [0.2, 0.25) is 0 Å². The largest absolute Gasteiger partial charge is 0.334 e. The van der Waals surface area contributed by atoms with Crippen LogP contribution >= 0.6 is 23.7 Å². The van der Waals surface area contributed by atoms with E-state index in [2.05, 4.69) is 28.3 Å². The molecule has 1 fully saturated rings. The Hall–Kier alpha value is -2.48. The Morgan fingerprint density at radius 2 is 1.96 bits per heavy atom. The molecule has 8 heteroatoms. The highest BCUT2D eigenvalue weighted by molar-refractivity contribution is 7.13. The Labute approximate surface area is 172 Å². The molecule has 3 aromatic heterocycles. The molecule has 0 bridgehead atoms. The van der Waals surface area contributed by atoms with Crippen molar-refractivity contribution in [3.8, 4) is 22.0 Å². The molecule has 3 heterocycles. The second-order valence-corrected chi connectivity index (χ2v) is 7.93. The topological polar surface area (TPSA) is 82.8 Å². The molecule has 28 heavy (non-hydrogen) atoms. The first-order valence-electron chi connectivity index (χ1n) is 9.00. The van der Waals surface area contributed by atoms with Crippen LogP contribution in [0.1, 0.15) is 30.7 Å². The third-order valence-corrected chi connectivity index (χ3v) is 5.93. The molecule has 5 rings (SSSR count). The van der Waals surface area contributed by atoms with Gasteiger partial charge in [-0.3, -0.25) is 4.68 Å². The summed E-state index contributed by atoms with van der Waals surface area (Å²) in [7, 11) is 0. The monoisotopic (exact) mass is 413 g/mol. The van der Waals surface area contributed by atoms with Gasteiger partial charge in [0.05, 0.1) is 22.5 Å². The minimum absolute atomic E-state index is 0. The first-order chi connectivity index (χ1) is 13.2. The van der Waals surface area contributed by atoms with Crippen molar-refractivity contribution in [1.82, 2.24) is 19.9 Å². The van der Waals surface area contributed by atoms with E-state index in [4.69, 9.17) is 15.4 Å². The molecule has 144 valence electrons. The zero-order chi connectivity index (χ0) is 18.3. The average Bonchev–Trinajstić information content (AvgIpc) is 3.40. The molecule has 1 aromatic carbocycles. The van der Waals surface area contributed by atoms with Crippen molar-refractivity contribution in [2.24, 2.45) is 5.73 Å². The van der Waals surface area contributed by atoms with Gasteiger partial charge in [-0.05, 0) is 36.3 Å². The van der Waals surface area contributed by atoms with Gasteiger partial charge in [-0.25, -0.2) is 0 Å². The molecule has 6 nitrogen and oxygen atoms in total. The van der Waals surface area contributed by atoms with Gasteiger partial charge < -0.3 is 10.3 Å². The molecule has 0 radical (unpaired) electrons. The first kappa shape index (κ1) is 18.9. The highest BCUT2D eigenvalue weighted by Gasteiger charge is 2.39. The Morgan fingerprint density at radius 1 is 1.14 bits per heavy atom. The van der Waals surface area contributed by atoms with Crippen LogP contribution in [-0.2, 0) is 12.1 Å². The molecular weight excluding hydrogens is 394 g/mol. The summed E-state index contributed by atoms with van der Waals surface area (Å²) in [6.45, 7) is 0.682. The van der Waals surface area contributed by atoms with E-state index in [0.717, 1.165) is 35.4 Å². The van der Waals surface area contributed by atoms with E-state index in [0.29, 0.717) is 18.3 Å². The number of nitrogens with two attached hydrogens (primary N) is 1. The van der Waals surface area contributed by atoms with Crippen molar-refractivity contribution >= 4 is 23.7 Å². The van der Waals surface area contributed by atoms with Gasteiger partial charge in [-0.1, -0.05) is 41.6 Å². The fourth-order valence-corrected chi connectivity index (χ4v) is 4.06. The van der Waals surface area contributed by atoms with Crippen LogP contribution in [0, 0.1) is 0 Å². The van der Waals surface area contributed by atoms with Gasteiger partial charge in [0.15, 0.2) is 5.82 Å². The van der Waals surface area contributed by atoms with E-state index in [1.165, 1.54) is 5.56 Å². The maximum Gasteiger partial charge on any atom is 0.261 e. The number of hydrogen-bond acceptors (Lipinski definition) is 6. The van der Waals surface area contributed by atoms with Crippen molar-refractivity contribution in [3.63, 3.8) is 0 Å². The Morgan fingerprint density at radius 3 is 2.64 bits per heavy atom. The number of hydrogen-bond donors (Lipinski definition) is 1. The molecular formula is C20H20ClN5OS. The molecule has 4 aromatic rings. The number of benzene rings is 1. The smallest absolute Gasteiger partial charge is 0.261 e. The predicted molar refractivity (Wildman–Crippen MR) is 111 cm³/mol. The standard InChI is InChI=1S/C20H19N5OS.ClH/c21-20(9-5-10-20)19-22-18(26-24-19)15-13-25(12-14-6-2-1-3-7-14)23-17(15)16-8-4-11-27-16;/h1-4,6-8,11,13H,5,9-10,12,21H2;1H. The van der Waals surface area contributed by atoms with Crippen LogP contribution in [0.4, 0.5) is 0 Å². The minimum atomic E-state index is -0.440. The summed E-state index contributed by atoms with van der Waals surface area (Å²) in [5.74, 6) is 1.07. The fourth-order valence-electron chi connectivity index (χ4n) is 3.34. The lowest BCUT2D eigenvalue weighted by atomic mass is 9.77. The van der Waals surface area contributed by atoms with Crippen LogP contribution in [0.15, 0.2) is 58.6 Å². The van der Waals surface area contributed by atoms with Gasteiger partial charge in [-0.15, -0.1) is 23.7 Å². The van der Waals surface area contributed by atoms with Crippen molar-refractivity contribution in [2.75, 3.05) is 0 Å². The first-order valence-corrected chi connectivity index (χ1v) is 9.88. The van der Waals surface area contributed by atoms with E-state index in [1.807, 2.05) is 40.5 Å². The normalized spacial score (nSPS) is 15.0. The number of thiophene rings is 1. The third-order valence-electron chi connectivity index (χ3n) is 5.05. The second-order valence-electron chi connectivity index (χ2n) is 6.98. The predicted octanol–water partition coefficient (Wildman–Crippen LogP) is 4.47. The van der Waals surface area contributed by atoms with Crippen molar-refractivity contribution in [2.45, 2.75) is 31.3 Å². The number of halogens is 1. The third kappa shape index (κ3) is 3.37. The van der Waals surface area contributed by atoms with E-state index in [1.54, 1.807) is 11.3 Å². The summed E-state index contributed by atoms with van der Waals surface area (Å²) < 4.78 is 7.51. The molecule has 0 saturated heterocycles. The van der Waals surface area contributed by atoms with E-state index < -0.39 is 5.54 Å². The fraction of sp³-hybridized carbons (Fsp3) is 0.250. The lowest BCUT2D eigenvalue weighted by Gasteiger charge is -2.34. The summed E-state index contributed by atoms with van der Waals surface area (Å²) >= 11 is 1.64. The van der Waals surface area contributed by atoms with Crippen LogP contribution in [0.5, 0.6) is 0 Å². The van der Waals surface area contributed by atoms with E-state index in [9.17, 15) is 0 Å². The van der Waals surface area contributed by atoms with Gasteiger partial charge in [0.25, 0.3) is 5.89 Å². The van der Waals surface area contributed by atoms with Gasteiger partial charge >= 0.3 is 0 Å². The molecule has 1 aliphatic rings. The maximum absolute atomic E-state index is 6.35. The number of aromatic nitrogens is 4. The Bertz CT molecular complexity index is 1050. The second kappa shape index (κ2) is 7.50. The quantitative estimate of drug-likeness (QED) is 0.522. The van der Waals surface area contributed by atoms with Crippen LogP contribution in [0.25, 0.3) is 22.0 Å². The summed E-state index contributed by atoms with van der Waals surface area (Å²) in [6, 6.07) is 14.3. The van der Waals surface area contributed by atoms with Crippen LogP contribution in [-0.4, -0.2) is 19.9 Å². The Kier molecular flexibility index (Phi) is 5.05. The molecule has 0 amide bonds. The van der Waals surface area contributed by atoms with Crippen LogP contribution < -0.4 is 5.73 Å². The Balaban J connectivity index is 0.00000192. The van der Waals surface area contributed by atoms with Gasteiger partial charge in [-0.2, -0.15) is 10.1 Å². The molecule has 2 N–H and O–H groups in total. The summed E-state index contributed by atoms with van der Waals surface area (Å²) in [4.78, 5) is 5.69. The molecule has 1 aliphatic carbocycles. The molecule has 0 aliphatic heterocycles. The molecule has 1 saturated carbocycles. The van der Waals surface area contributed by atoms with E-state index in [-0.39, 0.29) is 12.4 Å². The summed E-state index contributed by atoms with van der Waals surface area (Å²) in [5.41, 5.74) is 8.80. The maximum atomic E-state index is 6.35. The van der Waals surface area contributed by atoms with E-state index >= 15 is 0 Å². The molecule has 0 atom stereocenters. The van der Waals surface area contributed by atoms with Crippen LogP contribution in [0.2, 0.25) is 0 Å². The summed E-state index contributed by atoms with van der Waals surface area (Å²) in [6.07, 6.45) is 4.88. The number of nitrogens with zero attached hydrogens (tertiary/aromatic N) is 4. The van der Waals surface area contributed by atoms with Crippen molar-refractivity contribution in [1.29, 1.82) is 0 Å². The zero-order valence-electron chi connectivity index (χ0n) is 15.1. The van der Waals surface area contributed by atoms with Crippen molar-refractivity contribution in [3.05, 3.63) is 65.4 Å². The molecule has 0 unspecified atom stereocenters. The van der Waals surface area contributed by atoms with Crippen molar-refractivity contribution < 1.29 is 4.52 Å². The van der Waals surface area contributed by atoms with Crippen LogP contribution in [0.3, 0.4) is 0 Å². The highest BCUT2D eigenvalue weighted by Crippen LogP contribution is 2.39. The zero-order valence-corrected chi connectivity index (χ0v) is 16.7. The average molecular weight is 414 g/mol. The number of rotatable bonds is 5.